The highest BCUT2D eigenvalue weighted by Gasteiger charge is 2.09. The lowest BCUT2D eigenvalue weighted by atomic mass is 9.99. The minimum atomic E-state index is -0.292. The highest BCUT2D eigenvalue weighted by molar-refractivity contribution is 5.70. The standard InChI is InChI=1S/C21H15N5O/c22-14-18-6-4-5-9-20(18)17-12-10-16(11-13-17)15-25-21(27)26(24-23-25)19-7-2-1-3-8-19/h1-13H,15H2. The number of nitrogens with zero attached hydrogens (tertiary/aromatic N) is 5. The Balaban J connectivity index is 1.59. The second-order valence-corrected chi connectivity index (χ2v) is 6.02. The fourth-order valence-electron chi connectivity index (χ4n) is 2.90. The molecule has 0 saturated carbocycles. The van der Waals surface area contributed by atoms with Gasteiger partial charge in [0.25, 0.3) is 0 Å². The van der Waals surface area contributed by atoms with Crippen LogP contribution in [0, 0.1) is 11.3 Å². The van der Waals surface area contributed by atoms with Gasteiger partial charge in [-0.1, -0.05) is 60.7 Å². The summed E-state index contributed by atoms with van der Waals surface area (Å²) in [5.74, 6) is 0. The summed E-state index contributed by atoms with van der Waals surface area (Å²) >= 11 is 0. The molecule has 0 radical (unpaired) electrons. The first-order valence-corrected chi connectivity index (χ1v) is 8.43. The van der Waals surface area contributed by atoms with Gasteiger partial charge in [0.05, 0.1) is 23.9 Å². The molecule has 4 rings (SSSR count). The molecule has 130 valence electrons. The predicted octanol–water partition coefficient (Wildman–Crippen LogP) is 3.02. The van der Waals surface area contributed by atoms with E-state index in [4.69, 9.17) is 0 Å². The van der Waals surface area contributed by atoms with Gasteiger partial charge in [-0.05, 0) is 45.3 Å². The predicted molar refractivity (Wildman–Crippen MR) is 101 cm³/mol. The lowest BCUT2D eigenvalue weighted by Crippen LogP contribution is -2.24. The van der Waals surface area contributed by atoms with Crippen molar-refractivity contribution in [3.63, 3.8) is 0 Å². The van der Waals surface area contributed by atoms with Gasteiger partial charge in [-0.3, -0.25) is 0 Å². The third kappa shape index (κ3) is 3.26. The maximum atomic E-state index is 12.5. The van der Waals surface area contributed by atoms with Crippen LogP contribution in [0.5, 0.6) is 0 Å². The summed E-state index contributed by atoms with van der Waals surface area (Å²) in [6.45, 7) is 0.325. The minimum absolute atomic E-state index is 0.292. The first-order chi connectivity index (χ1) is 13.3. The molecule has 4 aromatic rings. The maximum Gasteiger partial charge on any atom is 0.368 e. The Morgan fingerprint density at radius 1 is 0.852 bits per heavy atom. The van der Waals surface area contributed by atoms with E-state index in [1.807, 2.05) is 72.8 Å². The zero-order chi connectivity index (χ0) is 18.6. The Morgan fingerprint density at radius 3 is 2.30 bits per heavy atom. The van der Waals surface area contributed by atoms with Crippen LogP contribution in [0.15, 0.2) is 83.7 Å². The number of hydrogen-bond acceptors (Lipinski definition) is 4. The number of nitriles is 1. The molecule has 0 spiro atoms. The summed E-state index contributed by atoms with van der Waals surface area (Å²) < 4.78 is 2.60. The number of tetrazole rings is 1. The maximum absolute atomic E-state index is 12.5. The van der Waals surface area contributed by atoms with E-state index in [1.54, 1.807) is 6.07 Å². The van der Waals surface area contributed by atoms with E-state index in [0.29, 0.717) is 17.8 Å². The van der Waals surface area contributed by atoms with Crippen molar-refractivity contribution in [2.75, 3.05) is 0 Å². The molecule has 3 aromatic carbocycles. The minimum Gasteiger partial charge on any atom is -0.244 e. The average molecular weight is 353 g/mol. The summed E-state index contributed by atoms with van der Waals surface area (Å²) in [7, 11) is 0. The molecule has 0 aliphatic rings. The van der Waals surface area contributed by atoms with Gasteiger partial charge in [-0.15, -0.1) is 0 Å². The monoisotopic (exact) mass is 353 g/mol. The van der Waals surface area contributed by atoms with Crippen LogP contribution < -0.4 is 5.69 Å². The summed E-state index contributed by atoms with van der Waals surface area (Å²) in [6, 6.07) is 26.6. The van der Waals surface area contributed by atoms with Crippen molar-refractivity contribution in [3.8, 4) is 22.9 Å². The topological polar surface area (TPSA) is 76.5 Å². The first kappa shape index (κ1) is 16.5. The molecule has 0 aliphatic carbocycles. The van der Waals surface area contributed by atoms with E-state index in [2.05, 4.69) is 16.5 Å². The Hall–Kier alpha value is -3.98. The van der Waals surface area contributed by atoms with Crippen molar-refractivity contribution in [2.45, 2.75) is 6.54 Å². The number of hydrogen-bond donors (Lipinski definition) is 0. The third-order valence-electron chi connectivity index (χ3n) is 4.28. The summed E-state index contributed by atoms with van der Waals surface area (Å²) in [5, 5.41) is 17.2. The second kappa shape index (κ2) is 7.10. The molecule has 6 heteroatoms. The molecular formula is C21H15N5O. The van der Waals surface area contributed by atoms with E-state index in [9.17, 15) is 10.1 Å². The van der Waals surface area contributed by atoms with Gasteiger partial charge in [0.1, 0.15) is 0 Å². The Morgan fingerprint density at radius 2 is 1.56 bits per heavy atom. The van der Waals surface area contributed by atoms with Crippen LogP contribution in [-0.2, 0) is 6.54 Å². The van der Waals surface area contributed by atoms with E-state index in [1.165, 1.54) is 9.36 Å². The van der Waals surface area contributed by atoms with Gasteiger partial charge in [-0.25, -0.2) is 4.79 Å². The van der Waals surface area contributed by atoms with E-state index in [-0.39, 0.29) is 5.69 Å². The van der Waals surface area contributed by atoms with Crippen molar-refractivity contribution >= 4 is 0 Å². The van der Waals surface area contributed by atoms with Crippen LogP contribution in [0.1, 0.15) is 11.1 Å². The van der Waals surface area contributed by atoms with Crippen LogP contribution in [0.3, 0.4) is 0 Å². The number of rotatable bonds is 4. The second-order valence-electron chi connectivity index (χ2n) is 6.02. The van der Waals surface area contributed by atoms with Gasteiger partial charge in [0, 0.05) is 0 Å². The van der Waals surface area contributed by atoms with Gasteiger partial charge >= 0.3 is 5.69 Å². The van der Waals surface area contributed by atoms with Gasteiger partial charge < -0.3 is 0 Å². The molecule has 0 amide bonds. The molecule has 0 fully saturated rings. The molecule has 27 heavy (non-hydrogen) atoms. The Kier molecular flexibility index (Phi) is 4.33. The molecule has 0 unspecified atom stereocenters. The zero-order valence-corrected chi connectivity index (χ0v) is 14.4. The molecule has 0 bridgehead atoms. The lowest BCUT2D eigenvalue weighted by molar-refractivity contribution is 0.632. The summed E-state index contributed by atoms with van der Waals surface area (Å²) in [5.41, 5.74) is 3.79. The van der Waals surface area contributed by atoms with E-state index in [0.717, 1.165) is 16.7 Å². The molecule has 0 aliphatic heterocycles. The van der Waals surface area contributed by atoms with Crippen molar-refractivity contribution in [1.29, 1.82) is 5.26 Å². The van der Waals surface area contributed by atoms with Crippen LogP contribution in [0.4, 0.5) is 0 Å². The average Bonchev–Trinajstić information content (AvgIpc) is 3.09. The fourth-order valence-corrected chi connectivity index (χ4v) is 2.90. The first-order valence-electron chi connectivity index (χ1n) is 8.43. The quantitative estimate of drug-likeness (QED) is 0.565. The molecule has 0 saturated heterocycles. The van der Waals surface area contributed by atoms with Gasteiger partial charge in [0.2, 0.25) is 0 Å². The lowest BCUT2D eigenvalue weighted by Gasteiger charge is -2.06. The number of benzene rings is 3. The molecule has 1 aromatic heterocycles. The fraction of sp³-hybridized carbons (Fsp3) is 0.0476. The van der Waals surface area contributed by atoms with Crippen LogP contribution >= 0.6 is 0 Å². The zero-order valence-electron chi connectivity index (χ0n) is 14.4. The number of para-hydroxylation sites is 1. The van der Waals surface area contributed by atoms with Crippen LogP contribution in [0.25, 0.3) is 16.8 Å². The van der Waals surface area contributed by atoms with Gasteiger partial charge in [0.15, 0.2) is 0 Å². The molecule has 1 heterocycles. The van der Waals surface area contributed by atoms with Gasteiger partial charge in [-0.2, -0.15) is 14.6 Å². The largest absolute Gasteiger partial charge is 0.368 e. The van der Waals surface area contributed by atoms with E-state index < -0.39 is 0 Å². The molecule has 0 atom stereocenters. The normalized spacial score (nSPS) is 10.5. The summed E-state index contributed by atoms with van der Waals surface area (Å²) in [6.07, 6.45) is 0. The van der Waals surface area contributed by atoms with Crippen molar-refractivity contribution in [3.05, 3.63) is 100 Å². The Bertz CT molecular complexity index is 1170. The highest BCUT2D eigenvalue weighted by Crippen LogP contribution is 2.23. The third-order valence-corrected chi connectivity index (χ3v) is 4.28. The smallest absolute Gasteiger partial charge is 0.244 e. The highest BCUT2D eigenvalue weighted by atomic mass is 16.2. The molecule has 0 N–H and O–H groups in total. The Labute approximate surface area is 155 Å². The van der Waals surface area contributed by atoms with Crippen LogP contribution in [-0.4, -0.2) is 19.8 Å². The molecule has 6 nitrogen and oxygen atoms in total. The summed E-state index contributed by atoms with van der Waals surface area (Å²) in [4.78, 5) is 12.5. The molecular weight excluding hydrogens is 338 g/mol. The SMILES string of the molecule is N#Cc1ccccc1-c1ccc(Cn2nnn(-c3ccccc3)c2=O)cc1. The van der Waals surface area contributed by atoms with Crippen molar-refractivity contribution in [1.82, 2.24) is 19.8 Å². The van der Waals surface area contributed by atoms with E-state index >= 15 is 0 Å². The van der Waals surface area contributed by atoms with Crippen molar-refractivity contribution in [2.24, 2.45) is 0 Å². The van der Waals surface area contributed by atoms with Crippen LogP contribution in [0.2, 0.25) is 0 Å². The number of aromatic nitrogens is 4. The van der Waals surface area contributed by atoms with Crippen molar-refractivity contribution < 1.29 is 0 Å².